The molecule has 2 rings (SSSR count). The number of nitrogens with zero attached hydrogens (tertiary/aromatic N) is 3. The number of rotatable bonds is 2. The molecule has 2 atom stereocenters. The summed E-state index contributed by atoms with van der Waals surface area (Å²) in [5.74, 6) is -1.32. The molecule has 1 fully saturated rings. The molecule has 0 radical (unpaired) electrons. The van der Waals surface area contributed by atoms with Crippen molar-refractivity contribution in [2.45, 2.75) is 12.1 Å². The van der Waals surface area contributed by atoms with Crippen LogP contribution in [0.15, 0.2) is 12.4 Å². The normalized spacial score (nSPS) is 25.1. The number of amides is 1. The summed E-state index contributed by atoms with van der Waals surface area (Å²) in [5, 5.41) is 13.1. The largest absolute Gasteiger partial charge is 0.479 e. The number of likely N-dealkylation sites (N-methyl/N-ethyl adjacent to an activating group) is 1. The zero-order valence-electron chi connectivity index (χ0n) is 9.53. The number of aromatic nitrogens is 2. The number of aryl methyl sites for hydroxylation is 1. The molecule has 7 heteroatoms. The quantitative estimate of drug-likeness (QED) is 0.745. The molecule has 0 spiro atoms. The average molecular weight is 239 g/mol. The third kappa shape index (κ3) is 2.01. The number of hydrogen-bond donors (Lipinski definition) is 1. The highest BCUT2D eigenvalue weighted by Gasteiger charge is 2.40. The molecule has 0 bridgehead atoms. The lowest BCUT2D eigenvalue weighted by Gasteiger charge is -2.36. The number of aliphatic carboxylic acids is 1. The van der Waals surface area contributed by atoms with Gasteiger partial charge in [0, 0.05) is 25.9 Å². The van der Waals surface area contributed by atoms with Crippen LogP contribution in [0.4, 0.5) is 0 Å². The first-order valence-corrected chi connectivity index (χ1v) is 5.09. The fraction of sp³-hybridized carbons (Fsp3) is 0.500. The summed E-state index contributed by atoms with van der Waals surface area (Å²) in [7, 11) is 3.29. The van der Waals surface area contributed by atoms with Crippen LogP contribution in [-0.4, -0.2) is 51.4 Å². The first-order chi connectivity index (χ1) is 8.00. The molecular weight excluding hydrogens is 226 g/mol. The highest BCUT2D eigenvalue weighted by atomic mass is 16.5. The van der Waals surface area contributed by atoms with E-state index in [1.165, 1.54) is 4.90 Å². The molecule has 0 aliphatic carbocycles. The summed E-state index contributed by atoms with van der Waals surface area (Å²) in [4.78, 5) is 24.0. The lowest BCUT2D eigenvalue weighted by Crippen LogP contribution is -2.49. The van der Waals surface area contributed by atoms with E-state index in [1.54, 1.807) is 31.2 Å². The van der Waals surface area contributed by atoms with Crippen LogP contribution in [0.5, 0.6) is 0 Å². The van der Waals surface area contributed by atoms with Crippen LogP contribution >= 0.6 is 0 Å². The maximum Gasteiger partial charge on any atom is 0.335 e. The van der Waals surface area contributed by atoms with Crippen molar-refractivity contribution in [3.05, 3.63) is 18.0 Å². The average Bonchev–Trinajstić information content (AvgIpc) is 2.68. The monoisotopic (exact) mass is 239 g/mol. The van der Waals surface area contributed by atoms with E-state index in [1.807, 2.05) is 0 Å². The summed E-state index contributed by atoms with van der Waals surface area (Å²) < 4.78 is 6.63. The molecule has 1 amide bonds. The van der Waals surface area contributed by atoms with Crippen LogP contribution in [-0.2, 0) is 21.4 Å². The SMILES string of the molecule is CN1C(=O)CO[C@@H](C(=O)O)[C@@H]1c1cnn(C)c1. The maximum atomic E-state index is 11.5. The van der Waals surface area contributed by atoms with Crippen molar-refractivity contribution in [2.75, 3.05) is 13.7 Å². The van der Waals surface area contributed by atoms with E-state index < -0.39 is 18.1 Å². The van der Waals surface area contributed by atoms with Gasteiger partial charge in [-0.25, -0.2) is 4.79 Å². The Labute approximate surface area is 97.6 Å². The molecule has 7 nitrogen and oxygen atoms in total. The first-order valence-electron chi connectivity index (χ1n) is 5.09. The van der Waals surface area contributed by atoms with E-state index in [-0.39, 0.29) is 12.5 Å². The topological polar surface area (TPSA) is 84.7 Å². The molecule has 17 heavy (non-hydrogen) atoms. The van der Waals surface area contributed by atoms with Gasteiger partial charge in [-0.05, 0) is 0 Å². The molecule has 1 aliphatic heterocycles. The van der Waals surface area contributed by atoms with Crippen molar-refractivity contribution < 1.29 is 19.4 Å². The maximum absolute atomic E-state index is 11.5. The number of hydrogen-bond acceptors (Lipinski definition) is 4. The third-order valence-corrected chi connectivity index (χ3v) is 2.79. The summed E-state index contributed by atoms with van der Waals surface area (Å²) >= 11 is 0. The Morgan fingerprint density at radius 2 is 2.29 bits per heavy atom. The molecule has 0 aromatic carbocycles. The van der Waals surface area contributed by atoms with Gasteiger partial charge in [0.25, 0.3) is 0 Å². The second kappa shape index (κ2) is 4.17. The van der Waals surface area contributed by atoms with Crippen LogP contribution in [0, 0.1) is 0 Å². The van der Waals surface area contributed by atoms with Gasteiger partial charge >= 0.3 is 5.97 Å². The zero-order chi connectivity index (χ0) is 12.6. The molecule has 1 aromatic heterocycles. The minimum atomic E-state index is -1.08. The summed E-state index contributed by atoms with van der Waals surface area (Å²) in [6.07, 6.45) is 2.17. The van der Waals surface area contributed by atoms with Gasteiger partial charge in [-0.1, -0.05) is 0 Å². The lowest BCUT2D eigenvalue weighted by atomic mass is 10.0. The fourth-order valence-corrected chi connectivity index (χ4v) is 1.91. The smallest absolute Gasteiger partial charge is 0.335 e. The second-order valence-corrected chi connectivity index (χ2v) is 3.97. The van der Waals surface area contributed by atoms with Crippen LogP contribution in [0.25, 0.3) is 0 Å². The van der Waals surface area contributed by atoms with E-state index in [4.69, 9.17) is 9.84 Å². The number of morpholine rings is 1. The summed E-state index contributed by atoms with van der Waals surface area (Å²) in [6, 6.07) is -0.637. The minimum Gasteiger partial charge on any atom is -0.479 e. The van der Waals surface area contributed by atoms with Crippen molar-refractivity contribution in [3.8, 4) is 0 Å². The van der Waals surface area contributed by atoms with Crippen LogP contribution in [0.3, 0.4) is 0 Å². The van der Waals surface area contributed by atoms with Gasteiger partial charge < -0.3 is 14.7 Å². The van der Waals surface area contributed by atoms with Crippen molar-refractivity contribution in [1.29, 1.82) is 0 Å². The molecule has 0 unspecified atom stereocenters. The van der Waals surface area contributed by atoms with E-state index >= 15 is 0 Å². The van der Waals surface area contributed by atoms with Crippen molar-refractivity contribution >= 4 is 11.9 Å². The number of carbonyl (C=O) groups is 2. The van der Waals surface area contributed by atoms with Crippen molar-refractivity contribution in [3.63, 3.8) is 0 Å². The van der Waals surface area contributed by atoms with Gasteiger partial charge in [0.15, 0.2) is 6.10 Å². The highest BCUT2D eigenvalue weighted by molar-refractivity contribution is 5.82. The Bertz CT molecular complexity index is 456. The summed E-state index contributed by atoms with van der Waals surface area (Å²) in [6.45, 7) is -0.204. The summed E-state index contributed by atoms with van der Waals surface area (Å²) in [5.41, 5.74) is 0.649. The molecule has 0 saturated carbocycles. The number of ether oxygens (including phenoxy) is 1. The van der Waals surface area contributed by atoms with Gasteiger partial charge in [-0.2, -0.15) is 5.10 Å². The van der Waals surface area contributed by atoms with Crippen LogP contribution < -0.4 is 0 Å². The van der Waals surface area contributed by atoms with E-state index in [2.05, 4.69) is 5.10 Å². The minimum absolute atomic E-state index is 0.204. The Morgan fingerprint density at radius 3 is 2.82 bits per heavy atom. The molecule has 1 saturated heterocycles. The predicted molar refractivity (Wildman–Crippen MR) is 56.1 cm³/mol. The van der Waals surface area contributed by atoms with Crippen LogP contribution in [0.1, 0.15) is 11.6 Å². The van der Waals surface area contributed by atoms with E-state index in [9.17, 15) is 9.59 Å². The molecule has 1 aliphatic rings. The Kier molecular flexibility index (Phi) is 2.84. The Balaban J connectivity index is 2.36. The number of carboxylic acids is 1. The highest BCUT2D eigenvalue weighted by Crippen LogP contribution is 2.28. The molecular formula is C10H13N3O4. The molecule has 2 heterocycles. The predicted octanol–water partition coefficient (Wildman–Crippen LogP) is -0.597. The Morgan fingerprint density at radius 1 is 1.59 bits per heavy atom. The lowest BCUT2D eigenvalue weighted by molar-refractivity contribution is -0.171. The van der Waals surface area contributed by atoms with Gasteiger partial charge in [0.2, 0.25) is 5.91 Å². The van der Waals surface area contributed by atoms with E-state index in [0.717, 1.165) is 0 Å². The molecule has 1 aromatic rings. The van der Waals surface area contributed by atoms with Gasteiger partial charge in [0.1, 0.15) is 6.61 Å². The number of carbonyl (C=O) groups excluding carboxylic acids is 1. The molecule has 92 valence electrons. The van der Waals surface area contributed by atoms with E-state index in [0.29, 0.717) is 5.56 Å². The van der Waals surface area contributed by atoms with Crippen molar-refractivity contribution in [1.82, 2.24) is 14.7 Å². The van der Waals surface area contributed by atoms with Gasteiger partial charge in [-0.3, -0.25) is 9.48 Å². The van der Waals surface area contributed by atoms with Crippen molar-refractivity contribution in [2.24, 2.45) is 7.05 Å². The number of carboxylic acid groups (broad SMARTS) is 1. The third-order valence-electron chi connectivity index (χ3n) is 2.79. The van der Waals surface area contributed by atoms with Crippen LogP contribution in [0.2, 0.25) is 0 Å². The fourth-order valence-electron chi connectivity index (χ4n) is 1.91. The standard InChI is InChI=1S/C10H13N3O4/c1-12-4-6(3-11-12)8-9(10(15)16)17-5-7(14)13(8)2/h3-4,8-9H,5H2,1-2H3,(H,15,16)/t8-,9+/m0/s1. The zero-order valence-corrected chi connectivity index (χ0v) is 9.53. The second-order valence-electron chi connectivity index (χ2n) is 3.97. The Hall–Kier alpha value is -1.89. The van der Waals surface area contributed by atoms with Gasteiger partial charge in [-0.15, -0.1) is 0 Å². The first kappa shape index (κ1) is 11.6. The van der Waals surface area contributed by atoms with Gasteiger partial charge in [0.05, 0.1) is 12.2 Å². The molecule has 1 N–H and O–H groups in total.